The fourth-order valence-corrected chi connectivity index (χ4v) is 7.89. The number of benzene rings is 1. The Morgan fingerprint density at radius 2 is 0.972 bits per heavy atom. The number of nitrogens with zero attached hydrogens (tertiary/aromatic N) is 11. The zero-order chi connectivity index (χ0) is 51.4. The number of aliphatic hydroxyl groups is 3. The molecule has 370 valence electrons. The maximum atomic E-state index is 13.2. The predicted molar refractivity (Wildman–Crippen MR) is 266 cm³/mol. The number of pyridine rings is 3. The molecule has 1 aromatic carbocycles. The van der Waals surface area contributed by atoms with Gasteiger partial charge in [0.15, 0.2) is 5.65 Å². The van der Waals surface area contributed by atoms with E-state index < -0.39 is 22.7 Å². The van der Waals surface area contributed by atoms with Gasteiger partial charge in [0.2, 0.25) is 35.6 Å². The Balaban J connectivity index is 0.000000157. The Morgan fingerprint density at radius 3 is 1.35 bits per heavy atom. The number of imidazole rings is 3. The van der Waals surface area contributed by atoms with E-state index in [1.807, 2.05) is 9.13 Å². The van der Waals surface area contributed by atoms with E-state index in [1.54, 1.807) is 80.8 Å². The standard InChI is InChI=1S/C17H16ClFN4O2.2C16H19N5O2/c1-17(2,25)9-14(24)22-16-20-12-7-8-13(18)21-15(12)23(16)11-5-3-10(19)4-6-11;2*1-16(2,23)9-13(22)20-15-18-11-7-8-12(17-3)19-14(11)21(15)10-5-4-6-10/h3-8,25H,9H2,1-2H3,(H,20,22,24);2*7-8,10,23H,4-6,9H2,1-2H3,(H,18,20,22). The molecule has 9 rings (SSSR count). The normalized spacial score (nSPS) is 14.0. The molecule has 20 nitrogen and oxygen atoms in total. The summed E-state index contributed by atoms with van der Waals surface area (Å²) in [5.41, 5.74) is 0.773. The van der Waals surface area contributed by atoms with Crippen molar-refractivity contribution < 1.29 is 34.1 Å². The quantitative estimate of drug-likeness (QED) is 0.0496. The van der Waals surface area contributed by atoms with Crippen molar-refractivity contribution in [3.05, 3.63) is 94.5 Å². The van der Waals surface area contributed by atoms with Crippen molar-refractivity contribution in [2.75, 3.05) is 16.0 Å². The molecular formula is C49H54ClFN14O6. The minimum atomic E-state index is -1.15. The van der Waals surface area contributed by atoms with Crippen LogP contribution in [0.2, 0.25) is 5.15 Å². The van der Waals surface area contributed by atoms with E-state index in [0.29, 0.717) is 62.7 Å². The first-order valence-corrected chi connectivity index (χ1v) is 23.3. The Bertz CT molecular complexity index is 3060. The maximum Gasteiger partial charge on any atom is 0.271 e. The topological polar surface area (TPSA) is 249 Å². The third-order valence-electron chi connectivity index (χ3n) is 11.2. The van der Waals surface area contributed by atoms with E-state index in [9.17, 15) is 34.1 Å². The van der Waals surface area contributed by atoms with E-state index in [4.69, 9.17) is 24.7 Å². The van der Waals surface area contributed by atoms with Crippen molar-refractivity contribution in [2.24, 2.45) is 0 Å². The van der Waals surface area contributed by atoms with Gasteiger partial charge in [-0.15, -0.1) is 0 Å². The Hall–Kier alpha value is -7.43. The van der Waals surface area contributed by atoms with Crippen molar-refractivity contribution in [3.8, 4) is 5.69 Å². The number of amides is 3. The van der Waals surface area contributed by atoms with Gasteiger partial charge >= 0.3 is 0 Å². The zero-order valence-electron chi connectivity index (χ0n) is 40.0. The van der Waals surface area contributed by atoms with Crippen molar-refractivity contribution in [3.63, 3.8) is 0 Å². The molecule has 6 heterocycles. The molecule has 7 aromatic rings. The smallest absolute Gasteiger partial charge is 0.271 e. The molecule has 0 atom stereocenters. The van der Waals surface area contributed by atoms with Crippen LogP contribution in [-0.4, -0.2) is 93.4 Å². The first kappa shape index (κ1) is 51.4. The number of anilines is 3. The molecule has 0 bridgehead atoms. The summed E-state index contributed by atoms with van der Waals surface area (Å²) in [5.74, 6) is 0.342. The van der Waals surface area contributed by atoms with Gasteiger partial charge < -0.3 is 25.0 Å². The van der Waals surface area contributed by atoms with Gasteiger partial charge in [0, 0.05) is 12.1 Å². The van der Waals surface area contributed by atoms with Crippen LogP contribution in [0, 0.1) is 19.0 Å². The Kier molecular flexibility index (Phi) is 15.1. The molecule has 2 aliphatic rings. The van der Waals surface area contributed by atoms with Crippen LogP contribution in [0.1, 0.15) is 111 Å². The molecule has 0 radical (unpaired) electrons. The van der Waals surface area contributed by atoms with Crippen molar-refractivity contribution in [1.29, 1.82) is 0 Å². The number of hydrogen-bond acceptors (Lipinski definition) is 12. The van der Waals surface area contributed by atoms with E-state index in [-0.39, 0.29) is 60.1 Å². The lowest BCUT2D eigenvalue weighted by Crippen LogP contribution is -2.29. The highest BCUT2D eigenvalue weighted by molar-refractivity contribution is 6.29. The summed E-state index contributed by atoms with van der Waals surface area (Å²) >= 11 is 5.97. The number of aromatic nitrogens is 9. The minimum Gasteiger partial charge on any atom is -0.390 e. The SMILES string of the molecule is CC(C)(O)CC(=O)Nc1nc2ccc(Cl)nc2n1-c1ccc(F)cc1.[C-]#[N+]c1ccc2nc(NC(=O)CC(C)(C)O)n(C3CCC3)c2n1.[C-]#[N+]c1ccc2nc(NC(=O)CC(C)(C)O)n(C3CCC3)c2n1. The molecule has 6 N–H and O–H groups in total. The van der Waals surface area contributed by atoms with Gasteiger partial charge in [0.25, 0.3) is 22.9 Å². The second kappa shape index (κ2) is 20.9. The van der Waals surface area contributed by atoms with Crippen molar-refractivity contribution >= 4 is 92.3 Å². The number of hydrogen-bond donors (Lipinski definition) is 6. The Labute approximate surface area is 413 Å². The zero-order valence-corrected chi connectivity index (χ0v) is 40.8. The fourth-order valence-electron chi connectivity index (χ4n) is 7.75. The summed E-state index contributed by atoms with van der Waals surface area (Å²) in [7, 11) is 0. The van der Waals surface area contributed by atoms with Crippen LogP contribution in [0.25, 0.3) is 48.9 Å². The molecule has 0 unspecified atom stereocenters. The van der Waals surface area contributed by atoms with E-state index >= 15 is 0 Å². The van der Waals surface area contributed by atoms with Crippen LogP contribution < -0.4 is 16.0 Å². The lowest BCUT2D eigenvalue weighted by molar-refractivity contribution is -0.121. The Morgan fingerprint density at radius 1 is 0.592 bits per heavy atom. The summed E-state index contributed by atoms with van der Waals surface area (Å²) in [4.78, 5) is 69.3. The summed E-state index contributed by atoms with van der Waals surface area (Å²) < 4.78 is 18.6. The van der Waals surface area contributed by atoms with Crippen LogP contribution in [0.15, 0.2) is 60.7 Å². The lowest BCUT2D eigenvalue weighted by Gasteiger charge is -2.27. The van der Waals surface area contributed by atoms with Gasteiger partial charge in [-0.2, -0.15) is 0 Å². The van der Waals surface area contributed by atoms with Gasteiger partial charge in [-0.25, -0.2) is 24.3 Å². The molecule has 0 aliphatic heterocycles. The minimum absolute atomic E-state index is 0.0123. The van der Waals surface area contributed by atoms with Crippen LogP contribution in [0.4, 0.5) is 33.9 Å². The van der Waals surface area contributed by atoms with Crippen LogP contribution >= 0.6 is 11.6 Å². The van der Waals surface area contributed by atoms with Crippen LogP contribution in [0.5, 0.6) is 0 Å². The molecule has 6 aromatic heterocycles. The largest absolute Gasteiger partial charge is 0.390 e. The summed E-state index contributed by atoms with van der Waals surface area (Å²) in [5, 5.41) is 37.8. The van der Waals surface area contributed by atoms with Crippen molar-refractivity contribution in [1.82, 2.24) is 43.6 Å². The highest BCUT2D eigenvalue weighted by atomic mass is 35.5. The van der Waals surface area contributed by atoms with E-state index in [1.165, 1.54) is 26.0 Å². The third kappa shape index (κ3) is 13.1. The maximum absolute atomic E-state index is 13.2. The highest BCUT2D eigenvalue weighted by Gasteiger charge is 2.31. The molecular weight excluding hydrogens is 935 g/mol. The number of nitrogens with one attached hydrogen (secondary N) is 3. The van der Waals surface area contributed by atoms with Gasteiger partial charge in [0.05, 0.1) is 41.8 Å². The molecule has 0 spiro atoms. The molecule has 0 saturated heterocycles. The molecule has 2 fully saturated rings. The monoisotopic (exact) mass is 988 g/mol. The molecule has 2 saturated carbocycles. The van der Waals surface area contributed by atoms with E-state index in [0.717, 1.165) is 38.5 Å². The highest BCUT2D eigenvalue weighted by Crippen LogP contribution is 2.39. The second-order valence-corrected chi connectivity index (χ2v) is 19.8. The lowest BCUT2D eigenvalue weighted by atomic mass is 9.93. The molecule has 71 heavy (non-hydrogen) atoms. The van der Waals surface area contributed by atoms with Crippen LogP contribution in [0.3, 0.4) is 0 Å². The molecule has 22 heteroatoms. The number of rotatable bonds is 12. The van der Waals surface area contributed by atoms with Gasteiger partial charge in [-0.05, 0) is 141 Å². The number of fused-ring (bicyclic) bond motifs is 3. The van der Waals surface area contributed by atoms with Crippen LogP contribution in [-0.2, 0) is 14.4 Å². The van der Waals surface area contributed by atoms with Gasteiger partial charge in [0.1, 0.15) is 27.5 Å². The summed E-state index contributed by atoms with van der Waals surface area (Å²) in [6, 6.07) is 16.2. The molecule has 2 aliphatic carbocycles. The number of carbonyl (C=O) groups excluding carboxylic acids is 3. The summed E-state index contributed by atoms with van der Waals surface area (Å²) in [6.45, 7) is 23.6. The third-order valence-corrected chi connectivity index (χ3v) is 11.5. The number of carbonyl (C=O) groups is 3. The first-order chi connectivity index (χ1) is 33.5. The average Bonchev–Trinajstić information content (AvgIpc) is 3.88. The van der Waals surface area contributed by atoms with Crippen molar-refractivity contribution in [2.45, 2.75) is 128 Å². The van der Waals surface area contributed by atoms with Gasteiger partial charge in [-0.1, -0.05) is 34.7 Å². The predicted octanol–water partition coefficient (Wildman–Crippen LogP) is 8.93. The summed E-state index contributed by atoms with van der Waals surface area (Å²) in [6.07, 6.45) is 6.14. The number of halogens is 2. The average molecular weight is 990 g/mol. The van der Waals surface area contributed by atoms with Gasteiger partial charge in [-0.3, -0.25) is 44.0 Å². The first-order valence-electron chi connectivity index (χ1n) is 22.9. The van der Waals surface area contributed by atoms with E-state index in [2.05, 4.69) is 55.5 Å². The second-order valence-electron chi connectivity index (χ2n) is 19.4. The molecule has 3 amide bonds. The fraction of sp³-hybridized carbons (Fsp3) is 0.408.